The monoisotopic (exact) mass is 221 g/mol. The molecule has 0 saturated carbocycles. The van der Waals surface area contributed by atoms with Crippen molar-refractivity contribution in [2.75, 3.05) is 0 Å². The second-order valence-corrected chi connectivity index (χ2v) is 5.00. The number of thioether (sulfide) groups is 1. The Bertz CT molecular complexity index is 439. The van der Waals surface area contributed by atoms with Crippen LogP contribution in [0.3, 0.4) is 0 Å². The van der Waals surface area contributed by atoms with Gasteiger partial charge >= 0.3 is 0 Å². The summed E-state index contributed by atoms with van der Waals surface area (Å²) in [5, 5.41) is 1.05. The number of halogens is 1. The summed E-state index contributed by atoms with van der Waals surface area (Å²) in [6, 6.07) is 8.45. The summed E-state index contributed by atoms with van der Waals surface area (Å²) < 4.78 is 0. The molecule has 3 rings (SSSR count). The summed E-state index contributed by atoms with van der Waals surface area (Å²) in [4.78, 5) is 5.76. The highest BCUT2D eigenvalue weighted by Crippen LogP contribution is 2.48. The second-order valence-electron chi connectivity index (χ2n) is 3.40. The number of benzene rings is 1. The largest absolute Gasteiger partial charge is 0.276 e. The van der Waals surface area contributed by atoms with Crippen LogP contribution in [0, 0.1) is 0 Å². The van der Waals surface area contributed by atoms with Gasteiger partial charge in [0.1, 0.15) is 5.37 Å². The summed E-state index contributed by atoms with van der Waals surface area (Å²) >= 11 is 7.77. The first-order valence-electron chi connectivity index (χ1n) is 4.51. The molecule has 14 heavy (non-hydrogen) atoms. The third-order valence-electron chi connectivity index (χ3n) is 2.52. The number of fused-ring (bicyclic) bond motifs is 3. The lowest BCUT2D eigenvalue weighted by Gasteiger charge is -2.15. The highest BCUT2D eigenvalue weighted by molar-refractivity contribution is 8.00. The Labute approximate surface area is 91.9 Å². The van der Waals surface area contributed by atoms with E-state index in [1.54, 1.807) is 6.21 Å². The minimum Gasteiger partial charge on any atom is -0.276 e. The quantitative estimate of drug-likeness (QED) is 0.654. The van der Waals surface area contributed by atoms with E-state index in [0.29, 0.717) is 11.3 Å². The van der Waals surface area contributed by atoms with Crippen molar-refractivity contribution in [2.45, 2.75) is 16.2 Å². The van der Waals surface area contributed by atoms with Crippen molar-refractivity contribution in [3.8, 4) is 0 Å². The number of rotatable bonds is 0. The lowest BCUT2D eigenvalue weighted by Crippen LogP contribution is -2.09. The van der Waals surface area contributed by atoms with Crippen molar-refractivity contribution in [2.24, 2.45) is 4.99 Å². The molecule has 2 aliphatic heterocycles. The van der Waals surface area contributed by atoms with Gasteiger partial charge in [0.25, 0.3) is 0 Å². The third-order valence-corrected chi connectivity index (χ3v) is 4.02. The number of allylic oxidation sites excluding steroid dienone is 1. The summed E-state index contributed by atoms with van der Waals surface area (Å²) in [5.41, 5.74) is 1.36. The molecule has 0 spiro atoms. The van der Waals surface area contributed by atoms with Gasteiger partial charge in [-0.3, -0.25) is 4.99 Å². The Morgan fingerprint density at radius 2 is 2.14 bits per heavy atom. The van der Waals surface area contributed by atoms with E-state index in [4.69, 9.17) is 11.6 Å². The fourth-order valence-corrected chi connectivity index (χ4v) is 3.32. The molecule has 1 aromatic rings. The molecule has 0 aliphatic carbocycles. The van der Waals surface area contributed by atoms with Gasteiger partial charge < -0.3 is 0 Å². The molecule has 0 amide bonds. The van der Waals surface area contributed by atoms with Crippen LogP contribution in [0.1, 0.15) is 11.5 Å². The lowest BCUT2D eigenvalue weighted by atomic mass is 9.98. The van der Waals surface area contributed by atoms with Crippen LogP contribution >= 0.6 is 23.4 Å². The number of hydrogen-bond donors (Lipinski definition) is 0. The molecule has 0 radical (unpaired) electrons. The van der Waals surface area contributed by atoms with E-state index in [-0.39, 0.29) is 0 Å². The van der Waals surface area contributed by atoms with Crippen molar-refractivity contribution >= 4 is 29.6 Å². The molecule has 70 valence electrons. The Balaban J connectivity index is 2.11. The molecule has 2 aliphatic rings. The van der Waals surface area contributed by atoms with Gasteiger partial charge in [-0.1, -0.05) is 47.6 Å². The molecular weight excluding hydrogens is 214 g/mol. The lowest BCUT2D eigenvalue weighted by molar-refractivity contribution is 0.803. The average molecular weight is 222 g/mol. The Morgan fingerprint density at radius 1 is 1.29 bits per heavy atom. The van der Waals surface area contributed by atoms with Crippen LogP contribution in [0.4, 0.5) is 0 Å². The van der Waals surface area contributed by atoms with Crippen LogP contribution in [0.25, 0.3) is 0 Å². The van der Waals surface area contributed by atoms with Gasteiger partial charge in [-0.2, -0.15) is 0 Å². The summed E-state index contributed by atoms with van der Waals surface area (Å²) in [6.07, 6.45) is 3.85. The van der Waals surface area contributed by atoms with E-state index < -0.39 is 0 Å². The second kappa shape index (κ2) is 3.14. The van der Waals surface area contributed by atoms with Crippen LogP contribution in [0.2, 0.25) is 0 Å². The number of nitrogens with zero attached hydrogens (tertiary/aromatic N) is 1. The summed E-state index contributed by atoms with van der Waals surface area (Å²) in [5.74, 6) is 0.369. The first-order chi connectivity index (χ1) is 6.84. The van der Waals surface area contributed by atoms with E-state index >= 15 is 0 Å². The molecule has 2 unspecified atom stereocenters. The normalized spacial score (nSPS) is 28.2. The van der Waals surface area contributed by atoms with Gasteiger partial charge in [0.2, 0.25) is 0 Å². The van der Waals surface area contributed by atoms with E-state index in [9.17, 15) is 0 Å². The maximum Gasteiger partial charge on any atom is 0.110 e. The molecular formula is C11H8ClNS. The zero-order valence-electron chi connectivity index (χ0n) is 7.35. The maximum atomic E-state index is 5.95. The van der Waals surface area contributed by atoms with Gasteiger partial charge in [-0.15, -0.1) is 0 Å². The standard InChI is InChI=1S/C11H8ClNS/c12-7-5-9-8-3-1-2-4-10(8)14-11(9)13-6-7/h1-6,9,11H. The smallest absolute Gasteiger partial charge is 0.110 e. The first kappa shape index (κ1) is 8.57. The SMILES string of the molecule is ClC1=CC2c3ccccc3SC2N=C1. The minimum atomic E-state index is 0.301. The van der Waals surface area contributed by atoms with E-state index in [2.05, 4.69) is 35.3 Å². The van der Waals surface area contributed by atoms with Crippen molar-refractivity contribution in [3.63, 3.8) is 0 Å². The van der Waals surface area contributed by atoms with Crippen LogP contribution in [0.5, 0.6) is 0 Å². The van der Waals surface area contributed by atoms with Gasteiger partial charge in [0, 0.05) is 17.0 Å². The summed E-state index contributed by atoms with van der Waals surface area (Å²) in [6.45, 7) is 0. The molecule has 2 heterocycles. The van der Waals surface area contributed by atoms with Gasteiger partial charge in [0.15, 0.2) is 0 Å². The number of aliphatic imine (C=N–C) groups is 1. The topological polar surface area (TPSA) is 12.4 Å². The zero-order valence-corrected chi connectivity index (χ0v) is 8.92. The molecule has 1 nitrogen and oxygen atoms in total. The molecule has 0 bridgehead atoms. The molecule has 0 saturated heterocycles. The Kier molecular flexibility index (Phi) is 1.92. The van der Waals surface area contributed by atoms with Crippen LogP contribution in [-0.2, 0) is 0 Å². The summed E-state index contributed by atoms with van der Waals surface area (Å²) in [7, 11) is 0. The Morgan fingerprint density at radius 3 is 3.07 bits per heavy atom. The molecule has 3 heteroatoms. The average Bonchev–Trinajstić information content (AvgIpc) is 2.56. The molecule has 2 atom stereocenters. The van der Waals surface area contributed by atoms with E-state index in [1.165, 1.54) is 10.5 Å². The van der Waals surface area contributed by atoms with Gasteiger partial charge in [-0.25, -0.2) is 0 Å². The predicted molar refractivity (Wildman–Crippen MR) is 61.3 cm³/mol. The fourth-order valence-electron chi connectivity index (χ4n) is 1.87. The van der Waals surface area contributed by atoms with Crippen molar-refractivity contribution in [1.29, 1.82) is 0 Å². The Hall–Kier alpha value is -0.730. The number of dihydropyridines is 1. The third kappa shape index (κ3) is 1.22. The number of hydrogen-bond acceptors (Lipinski definition) is 2. The van der Waals surface area contributed by atoms with Crippen molar-refractivity contribution in [1.82, 2.24) is 0 Å². The van der Waals surface area contributed by atoms with E-state index in [1.807, 2.05) is 11.8 Å². The zero-order chi connectivity index (χ0) is 9.54. The highest BCUT2D eigenvalue weighted by atomic mass is 35.5. The van der Waals surface area contributed by atoms with Crippen molar-refractivity contribution in [3.05, 3.63) is 40.9 Å². The van der Waals surface area contributed by atoms with Gasteiger partial charge in [0.05, 0.1) is 5.03 Å². The van der Waals surface area contributed by atoms with E-state index in [0.717, 1.165) is 5.03 Å². The predicted octanol–water partition coefficient (Wildman–Crippen LogP) is 3.41. The first-order valence-corrected chi connectivity index (χ1v) is 5.76. The molecule has 1 aromatic carbocycles. The van der Waals surface area contributed by atoms with Crippen LogP contribution in [-0.4, -0.2) is 11.6 Å². The molecule has 0 fully saturated rings. The molecule has 0 N–H and O–H groups in total. The molecule has 0 aromatic heterocycles. The van der Waals surface area contributed by atoms with Gasteiger partial charge in [-0.05, 0) is 11.6 Å². The maximum absolute atomic E-state index is 5.95. The van der Waals surface area contributed by atoms with Crippen molar-refractivity contribution < 1.29 is 0 Å². The minimum absolute atomic E-state index is 0.301. The van der Waals surface area contributed by atoms with Crippen LogP contribution in [0.15, 0.2) is 45.3 Å². The fraction of sp³-hybridized carbons (Fsp3) is 0.182. The van der Waals surface area contributed by atoms with Crippen LogP contribution < -0.4 is 0 Å². The highest BCUT2D eigenvalue weighted by Gasteiger charge is 2.32.